The van der Waals surface area contributed by atoms with Crippen LogP contribution in [-0.4, -0.2) is 21.6 Å². The molecule has 19 heavy (non-hydrogen) atoms. The van der Waals surface area contributed by atoms with Crippen molar-refractivity contribution in [3.63, 3.8) is 0 Å². The summed E-state index contributed by atoms with van der Waals surface area (Å²) in [5, 5.41) is 4.01. The van der Waals surface area contributed by atoms with Gasteiger partial charge in [-0.3, -0.25) is 9.78 Å². The predicted molar refractivity (Wildman–Crippen MR) is 72.6 cm³/mol. The van der Waals surface area contributed by atoms with E-state index in [0.29, 0.717) is 11.4 Å². The van der Waals surface area contributed by atoms with Gasteiger partial charge in [0.25, 0.3) is 5.91 Å². The number of nitrogens with zero attached hydrogens (tertiary/aromatic N) is 3. The topological polar surface area (TPSA) is 93.3 Å². The summed E-state index contributed by atoms with van der Waals surface area (Å²) < 4.78 is 0. The highest BCUT2D eigenvalue weighted by Gasteiger charge is 2.05. The number of amides is 1. The fraction of sp³-hybridized carbons (Fsp3) is 0.0769. The van der Waals surface area contributed by atoms with E-state index in [2.05, 4.69) is 20.5 Å². The number of nitrogens with two attached hydrogens (primary N) is 1. The molecule has 6 heteroatoms. The quantitative estimate of drug-likeness (QED) is 0.490. The fourth-order valence-corrected chi connectivity index (χ4v) is 1.40. The second kappa shape index (κ2) is 5.72. The average molecular weight is 255 g/mol. The Labute approximate surface area is 110 Å². The Morgan fingerprint density at radius 2 is 2.00 bits per heavy atom. The highest BCUT2D eigenvalue weighted by atomic mass is 16.2. The molecule has 1 aromatic carbocycles. The Bertz CT molecular complexity index is 592. The van der Waals surface area contributed by atoms with Crippen molar-refractivity contribution in [1.82, 2.24) is 15.4 Å². The number of rotatable bonds is 3. The summed E-state index contributed by atoms with van der Waals surface area (Å²) in [6.45, 7) is 1.79. The van der Waals surface area contributed by atoms with Crippen LogP contribution in [0.4, 0.5) is 5.69 Å². The molecule has 0 atom stereocenters. The molecule has 2 aromatic rings. The van der Waals surface area contributed by atoms with Gasteiger partial charge in [-0.05, 0) is 24.6 Å². The Morgan fingerprint density at radius 3 is 2.63 bits per heavy atom. The third kappa shape index (κ3) is 3.35. The lowest BCUT2D eigenvalue weighted by Gasteiger charge is -2.02. The normalized spacial score (nSPS) is 11.1. The van der Waals surface area contributed by atoms with Crippen LogP contribution < -0.4 is 11.2 Å². The van der Waals surface area contributed by atoms with Gasteiger partial charge in [-0.15, -0.1) is 0 Å². The van der Waals surface area contributed by atoms with Crippen LogP contribution in [0.15, 0.2) is 48.0 Å². The lowest BCUT2D eigenvalue weighted by atomic mass is 10.1. The van der Waals surface area contributed by atoms with Crippen molar-refractivity contribution < 1.29 is 4.79 Å². The maximum absolute atomic E-state index is 11.7. The zero-order valence-corrected chi connectivity index (χ0v) is 10.4. The molecule has 0 unspecified atom stereocenters. The van der Waals surface area contributed by atoms with E-state index in [4.69, 9.17) is 5.73 Å². The first-order valence-corrected chi connectivity index (χ1v) is 5.63. The van der Waals surface area contributed by atoms with Gasteiger partial charge in [0, 0.05) is 18.1 Å². The summed E-state index contributed by atoms with van der Waals surface area (Å²) in [5.41, 5.74) is 10.5. The first-order chi connectivity index (χ1) is 9.16. The second-order valence-corrected chi connectivity index (χ2v) is 3.85. The van der Waals surface area contributed by atoms with E-state index in [9.17, 15) is 4.79 Å². The number of carbonyl (C=O) groups is 1. The van der Waals surface area contributed by atoms with Gasteiger partial charge >= 0.3 is 0 Å². The standard InChI is InChI=1S/C13H13N5O/c1-9(10-2-4-11(14)5-3-10)17-18-13(19)12-8-15-6-7-16-12/h2-8H,14H2,1H3,(H,18,19)/b17-9+. The lowest BCUT2D eigenvalue weighted by Crippen LogP contribution is -2.20. The van der Waals surface area contributed by atoms with Crippen LogP contribution in [0.5, 0.6) is 0 Å². The van der Waals surface area contributed by atoms with Crippen LogP contribution >= 0.6 is 0 Å². The van der Waals surface area contributed by atoms with Gasteiger partial charge in [0.05, 0.1) is 11.9 Å². The molecule has 1 aromatic heterocycles. The molecule has 0 aliphatic rings. The SMILES string of the molecule is C/C(=N\NC(=O)c1cnccn1)c1ccc(N)cc1. The average Bonchev–Trinajstić information content (AvgIpc) is 2.46. The van der Waals surface area contributed by atoms with Crippen molar-refractivity contribution in [2.75, 3.05) is 5.73 Å². The Kier molecular flexibility index (Phi) is 3.82. The van der Waals surface area contributed by atoms with E-state index in [1.54, 1.807) is 19.1 Å². The Hall–Kier alpha value is -2.76. The Balaban J connectivity index is 2.06. The molecule has 0 fully saturated rings. The van der Waals surface area contributed by atoms with Crippen molar-refractivity contribution in [2.24, 2.45) is 5.10 Å². The van der Waals surface area contributed by atoms with Crippen LogP contribution in [0.1, 0.15) is 23.0 Å². The van der Waals surface area contributed by atoms with Crippen molar-refractivity contribution in [3.05, 3.63) is 54.1 Å². The summed E-state index contributed by atoms with van der Waals surface area (Å²) in [5.74, 6) is -0.400. The predicted octanol–water partition coefficient (Wildman–Crippen LogP) is 1.21. The number of nitrogens with one attached hydrogen (secondary N) is 1. The maximum atomic E-state index is 11.7. The van der Waals surface area contributed by atoms with E-state index in [0.717, 1.165) is 5.56 Å². The molecule has 1 amide bonds. The minimum Gasteiger partial charge on any atom is -0.399 e. The summed E-state index contributed by atoms with van der Waals surface area (Å²) in [6, 6.07) is 7.23. The monoisotopic (exact) mass is 255 g/mol. The molecular formula is C13H13N5O. The summed E-state index contributed by atoms with van der Waals surface area (Å²) in [6.07, 6.45) is 4.33. The maximum Gasteiger partial charge on any atom is 0.291 e. The molecule has 0 bridgehead atoms. The zero-order valence-electron chi connectivity index (χ0n) is 10.4. The number of hydrogen-bond donors (Lipinski definition) is 2. The summed E-state index contributed by atoms with van der Waals surface area (Å²) in [7, 11) is 0. The zero-order chi connectivity index (χ0) is 13.7. The number of benzene rings is 1. The second-order valence-electron chi connectivity index (χ2n) is 3.85. The molecule has 0 saturated heterocycles. The number of anilines is 1. The summed E-state index contributed by atoms with van der Waals surface area (Å²) >= 11 is 0. The van der Waals surface area contributed by atoms with E-state index in [1.807, 2.05) is 12.1 Å². The minimum absolute atomic E-state index is 0.219. The van der Waals surface area contributed by atoms with Crippen molar-refractivity contribution in [2.45, 2.75) is 6.92 Å². The molecule has 2 rings (SSSR count). The highest BCUT2D eigenvalue weighted by Crippen LogP contribution is 2.06. The van der Waals surface area contributed by atoms with Gasteiger partial charge in [0.15, 0.2) is 0 Å². The van der Waals surface area contributed by atoms with Crippen LogP contribution in [0.25, 0.3) is 0 Å². The van der Waals surface area contributed by atoms with Gasteiger partial charge in [0.1, 0.15) is 5.69 Å². The molecule has 6 nitrogen and oxygen atoms in total. The van der Waals surface area contributed by atoms with E-state index in [-0.39, 0.29) is 5.69 Å². The summed E-state index contributed by atoms with van der Waals surface area (Å²) in [4.78, 5) is 19.4. The Morgan fingerprint density at radius 1 is 1.26 bits per heavy atom. The van der Waals surface area contributed by atoms with Crippen LogP contribution in [0.2, 0.25) is 0 Å². The molecule has 0 saturated carbocycles. The molecule has 0 spiro atoms. The fourth-order valence-electron chi connectivity index (χ4n) is 1.40. The van der Waals surface area contributed by atoms with Gasteiger partial charge in [0.2, 0.25) is 0 Å². The van der Waals surface area contributed by atoms with Crippen LogP contribution in [0, 0.1) is 0 Å². The highest BCUT2D eigenvalue weighted by molar-refractivity contribution is 6.00. The molecule has 0 aliphatic heterocycles. The van der Waals surface area contributed by atoms with E-state index < -0.39 is 5.91 Å². The van der Waals surface area contributed by atoms with Crippen LogP contribution in [0.3, 0.4) is 0 Å². The van der Waals surface area contributed by atoms with Crippen molar-refractivity contribution in [1.29, 1.82) is 0 Å². The smallest absolute Gasteiger partial charge is 0.291 e. The molecule has 1 heterocycles. The first-order valence-electron chi connectivity index (χ1n) is 5.63. The van der Waals surface area contributed by atoms with Gasteiger partial charge in [-0.2, -0.15) is 5.10 Å². The third-order valence-corrected chi connectivity index (χ3v) is 2.45. The first kappa shape index (κ1) is 12.7. The van der Waals surface area contributed by atoms with Gasteiger partial charge < -0.3 is 5.73 Å². The van der Waals surface area contributed by atoms with E-state index >= 15 is 0 Å². The number of nitrogen functional groups attached to an aromatic ring is 1. The minimum atomic E-state index is -0.400. The number of carbonyl (C=O) groups excluding carboxylic acids is 1. The van der Waals surface area contributed by atoms with Crippen molar-refractivity contribution >= 4 is 17.3 Å². The molecule has 0 radical (unpaired) electrons. The molecule has 96 valence electrons. The number of hydrazone groups is 1. The largest absolute Gasteiger partial charge is 0.399 e. The third-order valence-electron chi connectivity index (χ3n) is 2.45. The van der Waals surface area contributed by atoms with Crippen molar-refractivity contribution in [3.8, 4) is 0 Å². The molecule has 3 N–H and O–H groups in total. The van der Waals surface area contributed by atoms with Crippen LogP contribution in [-0.2, 0) is 0 Å². The van der Waals surface area contributed by atoms with E-state index in [1.165, 1.54) is 18.6 Å². The van der Waals surface area contributed by atoms with Gasteiger partial charge in [-0.25, -0.2) is 10.4 Å². The number of aromatic nitrogens is 2. The molecule has 0 aliphatic carbocycles. The molecular weight excluding hydrogens is 242 g/mol. The van der Waals surface area contributed by atoms with Gasteiger partial charge in [-0.1, -0.05) is 12.1 Å². The lowest BCUT2D eigenvalue weighted by molar-refractivity contribution is 0.0949. The number of hydrogen-bond acceptors (Lipinski definition) is 5.